The Balaban J connectivity index is 3.44. The molecule has 0 aliphatic rings. The smallest absolute Gasteiger partial charge is 0.325 e. The number of hydrogen-bond donors (Lipinski definition) is 3. The second kappa shape index (κ2) is 4.33. The first kappa shape index (κ1) is 10.4. The lowest BCUT2D eigenvalue weighted by Gasteiger charge is -2.03. The van der Waals surface area contributed by atoms with Crippen LogP contribution >= 0.6 is 7.60 Å². The summed E-state index contributed by atoms with van der Waals surface area (Å²) in [6, 6.07) is 0. The first-order valence-corrected chi connectivity index (χ1v) is 4.94. The van der Waals surface area contributed by atoms with Crippen molar-refractivity contribution in [3.05, 3.63) is 0 Å². The van der Waals surface area contributed by atoms with Crippen LogP contribution in [-0.2, 0) is 9.09 Å². The summed E-state index contributed by atoms with van der Waals surface area (Å²) in [6.45, 7) is 1.34. The van der Waals surface area contributed by atoms with E-state index in [1.807, 2.05) is 0 Å². The zero-order valence-corrected chi connectivity index (χ0v) is 7.12. The third-order valence-corrected chi connectivity index (χ3v) is 1.38. The normalized spacial score (nSPS) is 15.5. The zero-order chi connectivity index (χ0) is 8.91. The molecule has 1 unspecified atom stereocenters. The second-order valence-corrected chi connectivity index (χ2v) is 3.81. The summed E-state index contributed by atoms with van der Waals surface area (Å²) in [5.74, 6) is -0.0579. The van der Waals surface area contributed by atoms with Gasteiger partial charge in [0.1, 0.15) is 0 Å². The second-order valence-electron chi connectivity index (χ2n) is 1.94. The van der Waals surface area contributed by atoms with Crippen molar-refractivity contribution in [3.63, 3.8) is 0 Å². The van der Waals surface area contributed by atoms with E-state index < -0.39 is 7.60 Å². The number of nitrogens with zero attached hydrogens (tertiary/aromatic N) is 1. The van der Waals surface area contributed by atoms with Crippen LogP contribution in [0.25, 0.3) is 0 Å². The van der Waals surface area contributed by atoms with Crippen LogP contribution in [0.4, 0.5) is 0 Å². The van der Waals surface area contributed by atoms with Gasteiger partial charge < -0.3 is 20.9 Å². The van der Waals surface area contributed by atoms with E-state index in [9.17, 15) is 4.57 Å². The number of guanidine groups is 1. The predicted octanol–water partition coefficient (Wildman–Crippen LogP) is -0.908. The van der Waals surface area contributed by atoms with E-state index in [0.717, 1.165) is 6.66 Å². The first-order valence-electron chi connectivity index (χ1n) is 2.92. The Hall–Kier alpha value is -0.580. The Morgan fingerprint density at radius 2 is 2.27 bits per heavy atom. The molecule has 7 heteroatoms. The van der Waals surface area contributed by atoms with Gasteiger partial charge in [0.25, 0.3) is 0 Å². The van der Waals surface area contributed by atoms with Gasteiger partial charge in [-0.25, -0.2) is 0 Å². The molecule has 0 aromatic rings. The van der Waals surface area contributed by atoms with Gasteiger partial charge in [0.2, 0.25) is 0 Å². The van der Waals surface area contributed by atoms with Gasteiger partial charge in [-0.05, 0) is 0 Å². The lowest BCUT2D eigenvalue weighted by Crippen LogP contribution is -2.23. The maximum atomic E-state index is 10.5. The first-order chi connectivity index (χ1) is 4.92. The number of nitrogens with two attached hydrogens (primary N) is 2. The molecule has 0 aliphatic carbocycles. The highest BCUT2D eigenvalue weighted by molar-refractivity contribution is 7.51. The highest BCUT2D eigenvalue weighted by Crippen LogP contribution is 2.35. The van der Waals surface area contributed by atoms with Gasteiger partial charge in [-0.3, -0.25) is 9.56 Å². The van der Waals surface area contributed by atoms with Crippen molar-refractivity contribution in [2.75, 3.05) is 19.8 Å². The fourth-order valence-electron chi connectivity index (χ4n) is 0.385. The highest BCUT2D eigenvalue weighted by atomic mass is 31.2. The molecule has 0 spiro atoms. The van der Waals surface area contributed by atoms with Crippen molar-refractivity contribution < 1.29 is 14.0 Å². The Morgan fingerprint density at radius 1 is 1.73 bits per heavy atom. The quantitative estimate of drug-likeness (QED) is 0.225. The highest BCUT2D eigenvalue weighted by Gasteiger charge is 2.07. The van der Waals surface area contributed by atoms with E-state index >= 15 is 0 Å². The monoisotopic (exact) mass is 181 g/mol. The minimum absolute atomic E-state index is 0.0438. The number of rotatable bonds is 4. The summed E-state index contributed by atoms with van der Waals surface area (Å²) >= 11 is 0. The molecule has 0 saturated heterocycles. The van der Waals surface area contributed by atoms with Crippen molar-refractivity contribution in [1.82, 2.24) is 0 Å². The van der Waals surface area contributed by atoms with Crippen LogP contribution in [0.2, 0.25) is 0 Å². The molecule has 0 fully saturated rings. The van der Waals surface area contributed by atoms with Crippen molar-refractivity contribution in [1.29, 1.82) is 0 Å². The topological polar surface area (TPSA) is 111 Å². The van der Waals surface area contributed by atoms with Crippen LogP contribution in [0.3, 0.4) is 0 Å². The van der Waals surface area contributed by atoms with E-state index in [1.54, 1.807) is 0 Å². The molecule has 66 valence electrons. The fourth-order valence-corrected chi connectivity index (χ4v) is 0.805. The van der Waals surface area contributed by atoms with E-state index in [0.29, 0.717) is 0 Å². The summed E-state index contributed by atoms with van der Waals surface area (Å²) in [4.78, 5) is 12.1. The summed E-state index contributed by atoms with van der Waals surface area (Å²) in [5.41, 5.74) is 9.97. The third kappa shape index (κ3) is 9.42. The molecule has 0 rings (SSSR count). The maximum absolute atomic E-state index is 10.5. The molecule has 1 atom stereocenters. The molecule has 0 amide bonds. The van der Waals surface area contributed by atoms with E-state index in [-0.39, 0.29) is 19.1 Å². The minimum atomic E-state index is -3.38. The zero-order valence-electron chi connectivity index (χ0n) is 6.23. The molecular formula is C4H12N3O3P. The van der Waals surface area contributed by atoms with Crippen LogP contribution in [0.15, 0.2) is 4.99 Å². The average molecular weight is 181 g/mol. The Morgan fingerprint density at radius 3 is 2.64 bits per heavy atom. The van der Waals surface area contributed by atoms with Crippen LogP contribution in [0.1, 0.15) is 0 Å². The van der Waals surface area contributed by atoms with Crippen LogP contribution in [0, 0.1) is 0 Å². The molecule has 0 aromatic carbocycles. The number of aliphatic imine (C=N–C) groups is 1. The molecule has 0 radical (unpaired) electrons. The maximum Gasteiger partial charge on any atom is 0.325 e. The van der Waals surface area contributed by atoms with Crippen molar-refractivity contribution in [2.45, 2.75) is 0 Å². The Labute approximate surface area is 64.8 Å². The van der Waals surface area contributed by atoms with E-state index in [1.165, 1.54) is 0 Å². The van der Waals surface area contributed by atoms with Crippen molar-refractivity contribution in [2.24, 2.45) is 16.5 Å². The summed E-state index contributed by atoms with van der Waals surface area (Å²) in [6.07, 6.45) is 0. The van der Waals surface area contributed by atoms with Gasteiger partial charge in [-0.1, -0.05) is 0 Å². The lowest BCUT2D eigenvalue weighted by molar-refractivity contribution is 0.272. The molecule has 0 bridgehead atoms. The standard InChI is InChI=1S/C4H12N3O3P/c1-11(8,9)10-3-2-7-4(5)6/h2-3H2,1H3,(H,8,9)(H4,5,6,7). The predicted molar refractivity (Wildman–Crippen MR) is 42.4 cm³/mol. The summed E-state index contributed by atoms with van der Waals surface area (Å²) < 4.78 is 15.0. The van der Waals surface area contributed by atoms with Crippen LogP contribution in [-0.4, -0.2) is 30.7 Å². The minimum Gasteiger partial charge on any atom is -0.370 e. The lowest BCUT2D eigenvalue weighted by atomic mass is 10.7. The van der Waals surface area contributed by atoms with Crippen LogP contribution < -0.4 is 11.5 Å². The Kier molecular flexibility index (Phi) is 4.10. The molecule has 0 saturated carbocycles. The van der Waals surface area contributed by atoms with Gasteiger partial charge in [0.15, 0.2) is 5.96 Å². The molecule has 0 heterocycles. The third-order valence-electron chi connectivity index (χ3n) is 0.716. The van der Waals surface area contributed by atoms with Gasteiger partial charge in [0, 0.05) is 6.66 Å². The van der Waals surface area contributed by atoms with E-state index in [2.05, 4.69) is 9.52 Å². The SMILES string of the molecule is CP(=O)(O)OCCN=C(N)N. The van der Waals surface area contributed by atoms with Crippen LogP contribution in [0.5, 0.6) is 0 Å². The largest absolute Gasteiger partial charge is 0.370 e. The van der Waals surface area contributed by atoms with Gasteiger partial charge in [-0.15, -0.1) is 0 Å². The fraction of sp³-hybridized carbons (Fsp3) is 0.750. The molecule has 0 aromatic heterocycles. The summed E-state index contributed by atoms with van der Waals surface area (Å²) in [7, 11) is -3.38. The average Bonchev–Trinajstić information content (AvgIpc) is 1.78. The molecule has 0 aliphatic heterocycles. The van der Waals surface area contributed by atoms with Crippen molar-refractivity contribution >= 4 is 13.6 Å². The van der Waals surface area contributed by atoms with Gasteiger partial charge in [-0.2, -0.15) is 0 Å². The van der Waals surface area contributed by atoms with Crippen molar-refractivity contribution in [3.8, 4) is 0 Å². The molecule has 11 heavy (non-hydrogen) atoms. The van der Waals surface area contributed by atoms with Gasteiger partial charge in [0.05, 0.1) is 13.2 Å². The van der Waals surface area contributed by atoms with E-state index in [4.69, 9.17) is 16.4 Å². The molecular weight excluding hydrogens is 169 g/mol. The molecule has 5 N–H and O–H groups in total. The Bertz CT molecular complexity index is 183. The van der Waals surface area contributed by atoms with Gasteiger partial charge >= 0.3 is 7.60 Å². The number of hydrogen-bond acceptors (Lipinski definition) is 3. The summed E-state index contributed by atoms with van der Waals surface area (Å²) in [5, 5.41) is 0. The molecule has 6 nitrogen and oxygen atoms in total.